The molecule has 4 nitrogen and oxygen atoms in total. The zero-order valence-electron chi connectivity index (χ0n) is 12.6. The average molecular weight is 363 g/mol. The highest BCUT2D eigenvalue weighted by Gasteiger charge is 2.06. The monoisotopic (exact) mass is 362 g/mol. The van der Waals surface area contributed by atoms with E-state index in [1.165, 1.54) is 12.1 Å². The topological polar surface area (TPSA) is 49.8 Å². The molecule has 1 aromatic heterocycles. The van der Waals surface area contributed by atoms with Crippen LogP contribution in [0.5, 0.6) is 0 Å². The molecule has 0 aliphatic carbocycles. The lowest BCUT2D eigenvalue weighted by Gasteiger charge is -2.10. The van der Waals surface area contributed by atoms with Crippen LogP contribution in [0.3, 0.4) is 0 Å². The molecular weight excluding hydrogens is 350 g/mol. The van der Waals surface area contributed by atoms with Gasteiger partial charge in [-0.05, 0) is 43.3 Å². The summed E-state index contributed by atoms with van der Waals surface area (Å²) in [6, 6.07) is 13.1. The van der Waals surface area contributed by atoms with Crippen molar-refractivity contribution in [3.8, 4) is 0 Å². The van der Waals surface area contributed by atoms with E-state index >= 15 is 0 Å². The Labute approximate surface area is 148 Å². The Kier molecular flexibility index (Phi) is 4.83. The number of hydrogen-bond donors (Lipinski definition) is 2. The molecular formula is C17H13Cl2FN4. The summed E-state index contributed by atoms with van der Waals surface area (Å²) in [6.07, 6.45) is 0. The summed E-state index contributed by atoms with van der Waals surface area (Å²) in [5.74, 6) is 0.628. The van der Waals surface area contributed by atoms with Gasteiger partial charge in [0.15, 0.2) is 0 Å². The average Bonchev–Trinajstić information content (AvgIpc) is 2.50. The van der Waals surface area contributed by atoms with Gasteiger partial charge in [-0.1, -0.05) is 29.3 Å². The first-order valence-electron chi connectivity index (χ1n) is 7.10. The highest BCUT2D eigenvalue weighted by Crippen LogP contribution is 2.26. The number of benzene rings is 2. The molecule has 2 N–H and O–H groups in total. The number of nitrogens with one attached hydrogen (secondary N) is 2. The van der Waals surface area contributed by atoms with Gasteiger partial charge < -0.3 is 10.6 Å². The van der Waals surface area contributed by atoms with E-state index < -0.39 is 0 Å². The van der Waals surface area contributed by atoms with Gasteiger partial charge in [-0.25, -0.2) is 9.37 Å². The molecule has 0 atom stereocenters. The van der Waals surface area contributed by atoms with Gasteiger partial charge in [-0.3, -0.25) is 0 Å². The summed E-state index contributed by atoms with van der Waals surface area (Å²) in [5.41, 5.74) is 2.08. The van der Waals surface area contributed by atoms with Gasteiger partial charge in [0.1, 0.15) is 11.6 Å². The van der Waals surface area contributed by atoms with Crippen LogP contribution < -0.4 is 10.6 Å². The third kappa shape index (κ3) is 4.13. The van der Waals surface area contributed by atoms with Crippen LogP contribution in [0.15, 0.2) is 48.5 Å². The number of aryl methyl sites for hydroxylation is 1. The quantitative estimate of drug-likeness (QED) is 0.623. The maximum atomic E-state index is 13.3. The van der Waals surface area contributed by atoms with Gasteiger partial charge >= 0.3 is 0 Å². The second-order valence-electron chi connectivity index (χ2n) is 5.11. The van der Waals surface area contributed by atoms with Crippen molar-refractivity contribution in [1.29, 1.82) is 0 Å². The molecule has 7 heteroatoms. The van der Waals surface area contributed by atoms with Crippen LogP contribution in [-0.2, 0) is 0 Å². The number of aromatic nitrogens is 2. The lowest BCUT2D eigenvalue weighted by molar-refractivity contribution is 0.628. The molecule has 0 saturated heterocycles. The fourth-order valence-electron chi connectivity index (χ4n) is 2.11. The van der Waals surface area contributed by atoms with Crippen LogP contribution in [-0.4, -0.2) is 9.97 Å². The number of anilines is 4. The van der Waals surface area contributed by atoms with Crippen LogP contribution in [0.25, 0.3) is 0 Å². The van der Waals surface area contributed by atoms with E-state index in [0.29, 0.717) is 33.2 Å². The zero-order chi connectivity index (χ0) is 17.1. The van der Waals surface area contributed by atoms with Crippen molar-refractivity contribution in [3.63, 3.8) is 0 Å². The number of hydrogen-bond acceptors (Lipinski definition) is 4. The molecule has 0 fully saturated rings. The Morgan fingerprint density at radius 1 is 0.875 bits per heavy atom. The molecule has 0 aliphatic rings. The maximum absolute atomic E-state index is 13.3. The van der Waals surface area contributed by atoms with Crippen LogP contribution in [0.2, 0.25) is 10.0 Å². The number of halogens is 3. The van der Waals surface area contributed by atoms with Crippen molar-refractivity contribution >= 4 is 46.3 Å². The zero-order valence-corrected chi connectivity index (χ0v) is 14.2. The normalized spacial score (nSPS) is 10.5. The predicted octanol–water partition coefficient (Wildman–Crippen LogP) is 5.72. The van der Waals surface area contributed by atoms with Gasteiger partial charge in [0, 0.05) is 23.1 Å². The van der Waals surface area contributed by atoms with Crippen molar-refractivity contribution in [1.82, 2.24) is 9.97 Å². The summed E-state index contributed by atoms with van der Waals surface area (Å²) < 4.78 is 13.3. The summed E-state index contributed by atoms with van der Waals surface area (Å²) in [5, 5.41) is 7.04. The first-order chi connectivity index (χ1) is 11.5. The molecule has 0 bridgehead atoms. The minimum absolute atomic E-state index is 0.320. The van der Waals surface area contributed by atoms with Gasteiger partial charge in [0.05, 0.1) is 10.0 Å². The van der Waals surface area contributed by atoms with Crippen LogP contribution in [0, 0.1) is 12.7 Å². The van der Waals surface area contributed by atoms with E-state index in [9.17, 15) is 4.39 Å². The molecule has 0 amide bonds. The summed E-state index contributed by atoms with van der Waals surface area (Å²) in [4.78, 5) is 8.70. The molecule has 3 aromatic rings. The minimum Gasteiger partial charge on any atom is -0.340 e. The predicted molar refractivity (Wildman–Crippen MR) is 96.2 cm³/mol. The minimum atomic E-state index is -0.320. The van der Waals surface area contributed by atoms with Crippen LogP contribution >= 0.6 is 23.2 Å². The van der Waals surface area contributed by atoms with Gasteiger partial charge in [-0.2, -0.15) is 4.98 Å². The van der Waals surface area contributed by atoms with Crippen molar-refractivity contribution in [2.24, 2.45) is 0 Å². The molecule has 3 rings (SSSR count). The molecule has 2 aromatic carbocycles. The molecule has 24 heavy (non-hydrogen) atoms. The Balaban J connectivity index is 1.84. The molecule has 0 aliphatic heterocycles. The van der Waals surface area contributed by atoms with Gasteiger partial charge in [0.25, 0.3) is 0 Å². The maximum Gasteiger partial charge on any atom is 0.229 e. The molecule has 0 spiro atoms. The largest absolute Gasteiger partial charge is 0.340 e. The van der Waals surface area contributed by atoms with E-state index in [1.54, 1.807) is 36.4 Å². The molecule has 0 radical (unpaired) electrons. The standard InChI is InChI=1S/C17H13Cl2FN4/c1-10-7-16(22-12-4-2-3-11(20)8-12)24-17(21-10)23-13-5-6-14(18)15(19)9-13/h2-9H,1H3,(H2,21,22,23,24). The lowest BCUT2D eigenvalue weighted by atomic mass is 10.3. The second-order valence-corrected chi connectivity index (χ2v) is 5.92. The first kappa shape index (κ1) is 16.5. The van der Waals surface area contributed by atoms with Gasteiger partial charge in [-0.15, -0.1) is 0 Å². The molecule has 0 unspecified atom stereocenters. The fraction of sp³-hybridized carbons (Fsp3) is 0.0588. The first-order valence-corrected chi connectivity index (χ1v) is 7.85. The van der Waals surface area contributed by atoms with Crippen LogP contribution in [0.1, 0.15) is 5.69 Å². The van der Waals surface area contributed by atoms with Crippen molar-refractivity contribution in [2.45, 2.75) is 6.92 Å². The molecule has 122 valence electrons. The Bertz CT molecular complexity index is 886. The van der Waals surface area contributed by atoms with Crippen LogP contribution in [0.4, 0.5) is 27.5 Å². The highest BCUT2D eigenvalue weighted by atomic mass is 35.5. The van der Waals surface area contributed by atoms with E-state index in [0.717, 1.165) is 5.69 Å². The van der Waals surface area contributed by atoms with Crippen molar-refractivity contribution < 1.29 is 4.39 Å². The van der Waals surface area contributed by atoms with E-state index in [2.05, 4.69) is 20.6 Å². The Morgan fingerprint density at radius 2 is 1.67 bits per heavy atom. The summed E-state index contributed by atoms with van der Waals surface area (Å²) in [6.45, 7) is 1.85. The third-order valence-electron chi connectivity index (χ3n) is 3.13. The van der Waals surface area contributed by atoms with E-state index in [4.69, 9.17) is 23.2 Å². The smallest absolute Gasteiger partial charge is 0.229 e. The summed E-state index contributed by atoms with van der Waals surface area (Å²) >= 11 is 11.9. The fourth-order valence-corrected chi connectivity index (χ4v) is 2.40. The Morgan fingerprint density at radius 3 is 2.42 bits per heavy atom. The lowest BCUT2D eigenvalue weighted by Crippen LogP contribution is -2.02. The van der Waals surface area contributed by atoms with Crippen molar-refractivity contribution in [3.05, 3.63) is 70.1 Å². The second kappa shape index (κ2) is 7.03. The highest BCUT2D eigenvalue weighted by molar-refractivity contribution is 6.42. The van der Waals surface area contributed by atoms with Gasteiger partial charge in [0.2, 0.25) is 5.95 Å². The third-order valence-corrected chi connectivity index (χ3v) is 3.87. The molecule has 0 saturated carbocycles. The molecule has 1 heterocycles. The SMILES string of the molecule is Cc1cc(Nc2cccc(F)c2)nc(Nc2ccc(Cl)c(Cl)c2)n1. The van der Waals surface area contributed by atoms with E-state index in [1.807, 2.05) is 6.92 Å². The van der Waals surface area contributed by atoms with E-state index in [-0.39, 0.29) is 5.82 Å². The van der Waals surface area contributed by atoms with Crippen molar-refractivity contribution in [2.75, 3.05) is 10.6 Å². The number of rotatable bonds is 4. The summed E-state index contributed by atoms with van der Waals surface area (Å²) in [7, 11) is 0. The Hall–Kier alpha value is -2.37. The number of nitrogens with zero attached hydrogens (tertiary/aromatic N) is 2.